The molecule has 0 spiro atoms. The Morgan fingerprint density at radius 3 is 2.75 bits per heavy atom. The molecule has 0 radical (unpaired) electrons. The summed E-state index contributed by atoms with van der Waals surface area (Å²) in [4.78, 5) is 0. The first-order valence-corrected chi connectivity index (χ1v) is 5.81. The molecule has 3 heteroatoms. The number of rotatable bonds is 7. The minimum absolute atomic E-state index is 0.200. The maximum atomic E-state index is 13.0. The van der Waals surface area contributed by atoms with Gasteiger partial charge in [0, 0.05) is 18.8 Å². The number of hydrogen-bond acceptors (Lipinski definition) is 2. The van der Waals surface area contributed by atoms with Gasteiger partial charge in [-0.1, -0.05) is 13.3 Å². The van der Waals surface area contributed by atoms with Gasteiger partial charge in [-0.25, -0.2) is 4.39 Å². The molecule has 0 atom stereocenters. The third kappa shape index (κ3) is 5.12. The summed E-state index contributed by atoms with van der Waals surface area (Å²) in [7, 11) is 0. The number of benzene rings is 1. The van der Waals surface area contributed by atoms with Crippen LogP contribution >= 0.6 is 0 Å². The highest BCUT2D eigenvalue weighted by Gasteiger charge is 1.97. The van der Waals surface area contributed by atoms with Crippen molar-refractivity contribution in [2.45, 2.75) is 26.7 Å². The topological polar surface area (TPSA) is 21.3 Å². The molecule has 1 N–H and O–H groups in total. The van der Waals surface area contributed by atoms with E-state index >= 15 is 0 Å². The van der Waals surface area contributed by atoms with Crippen LogP contribution in [0.2, 0.25) is 0 Å². The summed E-state index contributed by atoms with van der Waals surface area (Å²) in [6.07, 6.45) is 2.25. The van der Waals surface area contributed by atoms with E-state index in [0.29, 0.717) is 13.2 Å². The molecule has 0 amide bonds. The first-order valence-electron chi connectivity index (χ1n) is 5.81. The number of ether oxygens (including phenoxy) is 1. The Kier molecular flexibility index (Phi) is 5.86. The summed E-state index contributed by atoms with van der Waals surface area (Å²) < 4.78 is 18.4. The van der Waals surface area contributed by atoms with Crippen molar-refractivity contribution in [2.24, 2.45) is 0 Å². The van der Waals surface area contributed by atoms with Gasteiger partial charge < -0.3 is 10.1 Å². The molecule has 0 aliphatic rings. The van der Waals surface area contributed by atoms with E-state index < -0.39 is 0 Å². The first kappa shape index (κ1) is 13.0. The van der Waals surface area contributed by atoms with E-state index in [1.54, 1.807) is 0 Å². The summed E-state index contributed by atoms with van der Waals surface area (Å²) in [5.41, 5.74) is 1.74. The maximum Gasteiger partial charge on any atom is 0.125 e. The number of anilines is 1. The average molecular weight is 225 g/mol. The van der Waals surface area contributed by atoms with E-state index in [2.05, 4.69) is 12.2 Å². The van der Waals surface area contributed by atoms with E-state index in [9.17, 15) is 4.39 Å². The fourth-order valence-electron chi connectivity index (χ4n) is 1.45. The van der Waals surface area contributed by atoms with E-state index in [0.717, 1.165) is 30.7 Å². The predicted octanol–water partition coefficient (Wildman–Crippen LogP) is 3.36. The van der Waals surface area contributed by atoms with Gasteiger partial charge in [-0.05, 0) is 37.1 Å². The molecule has 0 aliphatic heterocycles. The third-order valence-electron chi connectivity index (χ3n) is 2.26. The SMILES string of the molecule is CCCCOCCNc1cc(C)cc(F)c1. The van der Waals surface area contributed by atoms with E-state index in [-0.39, 0.29) is 5.82 Å². The van der Waals surface area contributed by atoms with Crippen LogP contribution in [0.25, 0.3) is 0 Å². The molecule has 0 heterocycles. The Hall–Kier alpha value is -1.09. The lowest BCUT2D eigenvalue weighted by molar-refractivity contribution is 0.141. The van der Waals surface area contributed by atoms with Crippen LogP contribution in [0.5, 0.6) is 0 Å². The van der Waals surface area contributed by atoms with Gasteiger partial charge in [0.1, 0.15) is 5.82 Å². The van der Waals surface area contributed by atoms with Gasteiger partial charge in [-0.3, -0.25) is 0 Å². The Bertz CT molecular complexity index is 295. The van der Waals surface area contributed by atoms with Crippen LogP contribution in [0.4, 0.5) is 10.1 Å². The quantitative estimate of drug-likeness (QED) is 0.718. The third-order valence-corrected chi connectivity index (χ3v) is 2.26. The normalized spacial score (nSPS) is 10.4. The van der Waals surface area contributed by atoms with Crippen LogP contribution in [0, 0.1) is 12.7 Å². The van der Waals surface area contributed by atoms with E-state index in [4.69, 9.17) is 4.74 Å². The second-order valence-electron chi connectivity index (χ2n) is 3.91. The molecule has 0 saturated heterocycles. The van der Waals surface area contributed by atoms with Crippen molar-refractivity contribution in [3.05, 3.63) is 29.6 Å². The van der Waals surface area contributed by atoms with Crippen LogP contribution in [-0.2, 0) is 4.74 Å². The van der Waals surface area contributed by atoms with E-state index in [1.165, 1.54) is 12.1 Å². The molecule has 0 bridgehead atoms. The zero-order chi connectivity index (χ0) is 11.8. The highest BCUT2D eigenvalue weighted by atomic mass is 19.1. The second-order valence-corrected chi connectivity index (χ2v) is 3.91. The van der Waals surface area contributed by atoms with Crippen molar-refractivity contribution in [1.29, 1.82) is 0 Å². The summed E-state index contributed by atoms with van der Waals surface area (Å²) in [5.74, 6) is -0.200. The monoisotopic (exact) mass is 225 g/mol. The van der Waals surface area contributed by atoms with Gasteiger partial charge >= 0.3 is 0 Å². The van der Waals surface area contributed by atoms with Gasteiger partial charge in [-0.15, -0.1) is 0 Å². The Balaban J connectivity index is 2.21. The number of unbranched alkanes of at least 4 members (excludes halogenated alkanes) is 1. The molecular weight excluding hydrogens is 205 g/mol. The van der Waals surface area contributed by atoms with Crippen molar-refractivity contribution in [3.63, 3.8) is 0 Å². The maximum absolute atomic E-state index is 13.0. The lowest BCUT2D eigenvalue weighted by atomic mass is 10.2. The smallest absolute Gasteiger partial charge is 0.125 e. The zero-order valence-corrected chi connectivity index (χ0v) is 10.1. The molecule has 0 aliphatic carbocycles. The average Bonchev–Trinajstić information content (AvgIpc) is 2.22. The molecule has 0 fully saturated rings. The highest BCUT2D eigenvalue weighted by Crippen LogP contribution is 2.12. The summed E-state index contributed by atoms with van der Waals surface area (Å²) in [5, 5.41) is 3.14. The number of aryl methyl sites for hydroxylation is 1. The van der Waals surface area contributed by atoms with Gasteiger partial charge in [0.05, 0.1) is 6.61 Å². The van der Waals surface area contributed by atoms with Crippen LogP contribution in [0.1, 0.15) is 25.3 Å². The fraction of sp³-hybridized carbons (Fsp3) is 0.538. The Morgan fingerprint density at radius 1 is 1.25 bits per heavy atom. The lowest BCUT2D eigenvalue weighted by Crippen LogP contribution is -2.10. The van der Waals surface area contributed by atoms with Gasteiger partial charge in [-0.2, -0.15) is 0 Å². The van der Waals surface area contributed by atoms with Gasteiger partial charge in [0.15, 0.2) is 0 Å². The summed E-state index contributed by atoms with van der Waals surface area (Å²) in [6.45, 7) is 6.20. The predicted molar refractivity (Wildman–Crippen MR) is 65.4 cm³/mol. The molecule has 0 unspecified atom stereocenters. The van der Waals surface area contributed by atoms with Crippen molar-refractivity contribution in [2.75, 3.05) is 25.1 Å². The standard InChI is InChI=1S/C13H20FNO/c1-3-4-6-16-7-5-15-13-9-11(2)8-12(14)10-13/h8-10,15H,3-7H2,1-2H3. The molecule has 2 nitrogen and oxygen atoms in total. The Morgan fingerprint density at radius 2 is 2.06 bits per heavy atom. The summed E-state index contributed by atoms with van der Waals surface area (Å²) in [6, 6.07) is 4.94. The van der Waals surface area contributed by atoms with Crippen molar-refractivity contribution < 1.29 is 9.13 Å². The molecule has 1 aromatic carbocycles. The molecule has 0 saturated carbocycles. The van der Waals surface area contributed by atoms with Crippen LogP contribution < -0.4 is 5.32 Å². The number of hydrogen-bond donors (Lipinski definition) is 1. The molecule has 16 heavy (non-hydrogen) atoms. The first-order chi connectivity index (χ1) is 7.72. The largest absolute Gasteiger partial charge is 0.383 e. The number of halogens is 1. The lowest BCUT2D eigenvalue weighted by Gasteiger charge is -2.08. The van der Waals surface area contributed by atoms with Gasteiger partial charge in [0.25, 0.3) is 0 Å². The zero-order valence-electron chi connectivity index (χ0n) is 10.1. The highest BCUT2D eigenvalue weighted by molar-refractivity contribution is 5.45. The number of nitrogens with one attached hydrogen (secondary N) is 1. The minimum Gasteiger partial charge on any atom is -0.383 e. The van der Waals surface area contributed by atoms with Crippen LogP contribution in [-0.4, -0.2) is 19.8 Å². The second kappa shape index (κ2) is 7.23. The molecular formula is C13H20FNO. The molecule has 0 aromatic heterocycles. The Labute approximate surface area is 96.8 Å². The van der Waals surface area contributed by atoms with Crippen molar-refractivity contribution in [3.8, 4) is 0 Å². The molecule has 1 aromatic rings. The van der Waals surface area contributed by atoms with Crippen LogP contribution in [0.15, 0.2) is 18.2 Å². The van der Waals surface area contributed by atoms with Crippen molar-refractivity contribution in [1.82, 2.24) is 0 Å². The van der Waals surface area contributed by atoms with E-state index in [1.807, 2.05) is 13.0 Å². The fourth-order valence-corrected chi connectivity index (χ4v) is 1.45. The summed E-state index contributed by atoms with van der Waals surface area (Å²) >= 11 is 0. The molecule has 1 rings (SSSR count). The van der Waals surface area contributed by atoms with Gasteiger partial charge in [0.2, 0.25) is 0 Å². The minimum atomic E-state index is -0.200. The molecule has 90 valence electrons. The van der Waals surface area contributed by atoms with Crippen molar-refractivity contribution >= 4 is 5.69 Å². The van der Waals surface area contributed by atoms with Crippen LogP contribution in [0.3, 0.4) is 0 Å².